The predicted molar refractivity (Wildman–Crippen MR) is 120 cm³/mol. The Bertz CT molecular complexity index is 1200. The van der Waals surface area contributed by atoms with E-state index in [4.69, 9.17) is 11.6 Å². The summed E-state index contributed by atoms with van der Waals surface area (Å²) in [6, 6.07) is 22.4. The van der Waals surface area contributed by atoms with Crippen molar-refractivity contribution in [1.82, 2.24) is 0 Å². The van der Waals surface area contributed by atoms with Crippen molar-refractivity contribution in [2.75, 3.05) is 11.3 Å². The summed E-state index contributed by atoms with van der Waals surface area (Å²) in [5, 5.41) is 1.82. The molecule has 0 bridgehead atoms. The first-order valence-corrected chi connectivity index (χ1v) is 11.1. The Labute approximate surface area is 175 Å². The van der Waals surface area contributed by atoms with Crippen molar-refractivity contribution < 1.29 is 8.42 Å². The normalized spacial score (nSPS) is 13.8. The van der Waals surface area contributed by atoms with Crippen LogP contribution in [0.1, 0.15) is 22.3 Å². The summed E-state index contributed by atoms with van der Waals surface area (Å²) in [6.45, 7) is 0.694. The number of benzene rings is 3. The van der Waals surface area contributed by atoms with Gasteiger partial charge in [-0.05, 0) is 47.9 Å². The molecule has 0 fully saturated rings. The third-order valence-electron chi connectivity index (χ3n) is 4.61. The second-order valence-corrected chi connectivity index (χ2v) is 8.73. The van der Waals surface area contributed by atoms with Gasteiger partial charge in [-0.2, -0.15) is 0 Å². The van der Waals surface area contributed by atoms with Crippen LogP contribution < -0.4 is 4.72 Å². The van der Waals surface area contributed by atoms with Crippen molar-refractivity contribution in [3.8, 4) is 0 Å². The number of nitrogens with one attached hydrogen (secondary N) is 1. The lowest BCUT2D eigenvalue weighted by Gasteiger charge is -2.18. The molecule has 0 aliphatic carbocycles. The Morgan fingerprint density at radius 1 is 0.966 bits per heavy atom. The summed E-state index contributed by atoms with van der Waals surface area (Å²) in [7, 11) is -3.64. The molecule has 0 spiro atoms. The highest BCUT2D eigenvalue weighted by molar-refractivity contribution is 7.95. The highest BCUT2D eigenvalue weighted by atomic mass is 35.5. The van der Waals surface area contributed by atoms with Gasteiger partial charge in [0.05, 0.1) is 11.1 Å². The Kier molecular flexibility index (Phi) is 5.51. The van der Waals surface area contributed by atoms with E-state index in [0.717, 1.165) is 28.8 Å². The maximum absolute atomic E-state index is 12.5. The van der Waals surface area contributed by atoms with Crippen molar-refractivity contribution in [1.29, 1.82) is 0 Å². The van der Waals surface area contributed by atoms with Gasteiger partial charge in [0, 0.05) is 28.4 Å². The zero-order valence-corrected chi connectivity index (χ0v) is 17.1. The second-order valence-electron chi connectivity index (χ2n) is 6.72. The molecule has 1 aliphatic heterocycles. The molecule has 4 nitrogen and oxygen atoms in total. The summed E-state index contributed by atoms with van der Waals surface area (Å²) in [5.74, 6) is 0. The lowest BCUT2D eigenvalue weighted by molar-refractivity contribution is 0.609. The number of hydrogen-bond donors (Lipinski definition) is 1. The number of fused-ring (bicyclic) bond motifs is 1. The molecule has 4 rings (SSSR count). The van der Waals surface area contributed by atoms with Crippen LogP contribution >= 0.6 is 11.6 Å². The molecule has 3 aromatic carbocycles. The SMILES string of the molecule is O=S(=O)(/C=C/c1ccccc1)Nc1cccc(C2=NCCc3ccc(Cl)cc32)c1. The molecule has 0 atom stereocenters. The zero-order chi connectivity index (χ0) is 20.3. The van der Waals surface area contributed by atoms with Crippen LogP contribution in [0.5, 0.6) is 0 Å². The fraction of sp³-hybridized carbons (Fsp3) is 0.0870. The van der Waals surface area contributed by atoms with Crippen LogP contribution in [-0.2, 0) is 16.4 Å². The van der Waals surface area contributed by atoms with Crippen molar-refractivity contribution in [2.45, 2.75) is 6.42 Å². The Balaban J connectivity index is 1.59. The molecule has 29 heavy (non-hydrogen) atoms. The average Bonchev–Trinajstić information content (AvgIpc) is 2.72. The predicted octanol–water partition coefficient (Wildman–Crippen LogP) is 5.15. The van der Waals surface area contributed by atoms with Gasteiger partial charge >= 0.3 is 0 Å². The number of hydrogen-bond acceptors (Lipinski definition) is 3. The zero-order valence-electron chi connectivity index (χ0n) is 15.5. The van der Waals surface area contributed by atoms with E-state index in [0.29, 0.717) is 17.3 Å². The molecule has 0 saturated heterocycles. The standard InChI is InChI=1S/C23H19ClN2O2S/c24-20-10-9-18-11-13-25-23(22(18)16-20)19-7-4-8-21(15-19)26-29(27,28)14-12-17-5-2-1-3-6-17/h1-10,12,14-16,26H,11,13H2/b14-12+. The number of halogens is 1. The van der Waals surface area contributed by atoms with E-state index in [1.165, 1.54) is 11.0 Å². The first-order valence-electron chi connectivity index (χ1n) is 9.20. The molecule has 0 radical (unpaired) electrons. The van der Waals surface area contributed by atoms with Crippen LogP contribution in [-0.4, -0.2) is 20.7 Å². The van der Waals surface area contributed by atoms with Crippen molar-refractivity contribution in [3.05, 3.63) is 105 Å². The van der Waals surface area contributed by atoms with E-state index >= 15 is 0 Å². The van der Waals surface area contributed by atoms with Gasteiger partial charge in [-0.25, -0.2) is 8.42 Å². The van der Waals surface area contributed by atoms with Gasteiger partial charge in [0.2, 0.25) is 0 Å². The Morgan fingerprint density at radius 2 is 1.79 bits per heavy atom. The molecule has 0 unspecified atom stereocenters. The molecule has 146 valence electrons. The maximum Gasteiger partial charge on any atom is 0.255 e. The number of sulfonamides is 1. The summed E-state index contributed by atoms with van der Waals surface area (Å²) < 4.78 is 27.5. The number of nitrogens with zero attached hydrogens (tertiary/aromatic N) is 1. The molecule has 6 heteroatoms. The molecular weight excluding hydrogens is 404 g/mol. The molecule has 3 aromatic rings. The van der Waals surface area contributed by atoms with Gasteiger partial charge in [0.15, 0.2) is 0 Å². The van der Waals surface area contributed by atoms with E-state index in [9.17, 15) is 8.42 Å². The van der Waals surface area contributed by atoms with E-state index < -0.39 is 10.0 Å². The molecule has 0 saturated carbocycles. The minimum Gasteiger partial charge on any atom is -0.284 e. The van der Waals surface area contributed by atoms with Gasteiger partial charge in [-0.3, -0.25) is 9.71 Å². The van der Waals surface area contributed by atoms with E-state index in [1.54, 1.807) is 18.2 Å². The van der Waals surface area contributed by atoms with Crippen molar-refractivity contribution in [3.63, 3.8) is 0 Å². The fourth-order valence-electron chi connectivity index (χ4n) is 3.27. The van der Waals surface area contributed by atoms with Crippen molar-refractivity contribution >= 4 is 39.1 Å². The summed E-state index contributed by atoms with van der Waals surface area (Å²) in [5.41, 5.74) is 5.16. The summed E-state index contributed by atoms with van der Waals surface area (Å²) in [6.07, 6.45) is 2.43. The van der Waals surface area contributed by atoms with Crippen LogP contribution in [0.4, 0.5) is 5.69 Å². The Morgan fingerprint density at radius 3 is 2.62 bits per heavy atom. The highest BCUT2D eigenvalue weighted by Gasteiger charge is 2.17. The Hall–Kier alpha value is -2.89. The monoisotopic (exact) mass is 422 g/mol. The molecule has 0 aromatic heterocycles. The second kappa shape index (κ2) is 8.23. The largest absolute Gasteiger partial charge is 0.284 e. The van der Waals surface area contributed by atoms with Crippen LogP contribution in [0.15, 0.2) is 83.2 Å². The van der Waals surface area contributed by atoms with E-state index in [1.807, 2.05) is 60.7 Å². The van der Waals surface area contributed by atoms with Gasteiger partial charge in [-0.1, -0.05) is 60.1 Å². The van der Waals surface area contributed by atoms with Crippen LogP contribution in [0.25, 0.3) is 6.08 Å². The fourth-order valence-corrected chi connectivity index (χ4v) is 4.30. The number of anilines is 1. The van der Waals surface area contributed by atoms with E-state index in [2.05, 4.69) is 9.71 Å². The number of rotatable bonds is 5. The van der Waals surface area contributed by atoms with Crippen LogP contribution in [0.3, 0.4) is 0 Å². The minimum absolute atomic E-state index is 0.483. The van der Waals surface area contributed by atoms with E-state index in [-0.39, 0.29) is 0 Å². The van der Waals surface area contributed by atoms with Gasteiger partial charge in [-0.15, -0.1) is 0 Å². The quantitative estimate of drug-likeness (QED) is 0.618. The smallest absolute Gasteiger partial charge is 0.255 e. The highest BCUT2D eigenvalue weighted by Crippen LogP contribution is 2.25. The minimum atomic E-state index is -3.64. The lowest BCUT2D eigenvalue weighted by atomic mass is 9.93. The van der Waals surface area contributed by atoms with Crippen molar-refractivity contribution in [2.24, 2.45) is 4.99 Å². The molecule has 1 aliphatic rings. The summed E-state index contributed by atoms with van der Waals surface area (Å²) >= 11 is 6.18. The molecular formula is C23H19ClN2O2S. The molecule has 1 heterocycles. The maximum atomic E-state index is 12.5. The average molecular weight is 423 g/mol. The molecule has 1 N–H and O–H groups in total. The topological polar surface area (TPSA) is 58.5 Å². The van der Waals surface area contributed by atoms with Gasteiger partial charge < -0.3 is 0 Å². The van der Waals surface area contributed by atoms with Crippen LogP contribution in [0, 0.1) is 0 Å². The lowest BCUT2D eigenvalue weighted by Crippen LogP contribution is -2.15. The summed E-state index contributed by atoms with van der Waals surface area (Å²) in [4.78, 5) is 4.66. The molecule has 0 amide bonds. The number of aliphatic imine (C=N–C) groups is 1. The van der Waals surface area contributed by atoms with Gasteiger partial charge in [0.25, 0.3) is 10.0 Å². The first-order chi connectivity index (χ1) is 14.0. The van der Waals surface area contributed by atoms with Gasteiger partial charge in [0.1, 0.15) is 0 Å². The first kappa shape index (κ1) is 19.4. The third-order valence-corrected chi connectivity index (χ3v) is 5.86. The van der Waals surface area contributed by atoms with Crippen LogP contribution in [0.2, 0.25) is 5.02 Å². The third kappa shape index (κ3) is 4.75.